The number of alkyl halides is 3. The molecule has 7 nitrogen and oxygen atoms in total. The number of nitrogens with one attached hydrogen (secondary N) is 1. The van der Waals surface area contributed by atoms with Crippen molar-refractivity contribution < 1.29 is 27.3 Å². The number of aromatic nitrogens is 2. The van der Waals surface area contributed by atoms with Crippen LogP contribution in [0.25, 0.3) is 0 Å². The van der Waals surface area contributed by atoms with Crippen LogP contribution < -0.4 is 10.2 Å². The second-order valence-electron chi connectivity index (χ2n) is 7.66. The molecule has 1 aliphatic rings. The van der Waals surface area contributed by atoms with Crippen molar-refractivity contribution in [3.63, 3.8) is 0 Å². The molecule has 0 spiro atoms. The first-order valence-corrected chi connectivity index (χ1v) is 9.08. The molecule has 0 aliphatic carbocycles. The third-order valence-corrected chi connectivity index (χ3v) is 4.67. The van der Waals surface area contributed by atoms with Gasteiger partial charge >= 0.3 is 6.18 Å². The van der Waals surface area contributed by atoms with Crippen LogP contribution in [-0.2, 0) is 21.2 Å². The molecule has 156 valence electrons. The Kier molecular flexibility index (Phi) is 5.33. The van der Waals surface area contributed by atoms with E-state index in [1.807, 2.05) is 20.8 Å². The average molecular weight is 431 g/mol. The van der Waals surface area contributed by atoms with E-state index >= 15 is 0 Å². The van der Waals surface area contributed by atoms with E-state index in [-0.39, 0.29) is 34.9 Å². The van der Waals surface area contributed by atoms with Crippen LogP contribution in [-0.4, -0.2) is 28.0 Å². The summed E-state index contributed by atoms with van der Waals surface area (Å²) in [5, 5.41) is 5.98. The smallest absolute Gasteiger partial charge is 0.359 e. The van der Waals surface area contributed by atoms with Crippen LogP contribution in [0.1, 0.15) is 44.9 Å². The molecule has 1 atom stereocenters. The van der Waals surface area contributed by atoms with Crippen molar-refractivity contribution in [2.75, 3.05) is 10.2 Å². The van der Waals surface area contributed by atoms with Gasteiger partial charge in [0.1, 0.15) is 11.8 Å². The van der Waals surface area contributed by atoms with Gasteiger partial charge in [-0.2, -0.15) is 13.2 Å². The Hall–Kier alpha value is -2.62. The van der Waals surface area contributed by atoms with E-state index in [2.05, 4.69) is 15.5 Å². The van der Waals surface area contributed by atoms with Crippen molar-refractivity contribution >= 4 is 35.1 Å². The van der Waals surface area contributed by atoms with Gasteiger partial charge in [0.2, 0.25) is 11.8 Å². The minimum Gasteiger partial charge on any atom is -0.359 e. The van der Waals surface area contributed by atoms with E-state index in [0.29, 0.717) is 18.0 Å². The summed E-state index contributed by atoms with van der Waals surface area (Å²) in [6.07, 6.45) is -3.86. The highest BCUT2D eigenvalue weighted by atomic mass is 35.5. The normalized spacial score (nSPS) is 17.7. The number of anilines is 2. The summed E-state index contributed by atoms with van der Waals surface area (Å²) < 4.78 is 43.7. The molecule has 3 rings (SSSR count). The lowest BCUT2D eigenvalue weighted by Gasteiger charge is -2.24. The number of hydrogen-bond acceptors (Lipinski definition) is 5. The minimum absolute atomic E-state index is 0.0309. The molecule has 3 heterocycles. The predicted octanol–water partition coefficient (Wildman–Crippen LogP) is 4.17. The third-order valence-electron chi connectivity index (χ3n) is 4.39. The van der Waals surface area contributed by atoms with Crippen LogP contribution in [0.4, 0.5) is 24.8 Å². The quantitative estimate of drug-likeness (QED) is 0.789. The molecule has 0 saturated carbocycles. The number of amides is 2. The Morgan fingerprint density at radius 1 is 1.31 bits per heavy atom. The van der Waals surface area contributed by atoms with E-state index in [1.165, 1.54) is 0 Å². The number of carbonyl (C=O) groups excluding carboxylic acids is 2. The molecule has 11 heteroatoms. The molecular formula is C18H18ClF3N4O3. The summed E-state index contributed by atoms with van der Waals surface area (Å²) in [6.45, 7) is 5.73. The van der Waals surface area contributed by atoms with Crippen molar-refractivity contribution in [1.29, 1.82) is 0 Å². The van der Waals surface area contributed by atoms with Gasteiger partial charge in [-0.25, -0.2) is 4.98 Å². The van der Waals surface area contributed by atoms with Gasteiger partial charge in [0.25, 0.3) is 0 Å². The van der Waals surface area contributed by atoms with Gasteiger partial charge in [-0.15, -0.1) is 0 Å². The van der Waals surface area contributed by atoms with Crippen LogP contribution in [0.15, 0.2) is 22.9 Å². The maximum absolute atomic E-state index is 12.8. The maximum Gasteiger partial charge on any atom is 0.417 e. The van der Waals surface area contributed by atoms with Gasteiger partial charge < -0.3 is 9.84 Å². The molecule has 1 aliphatic heterocycles. The van der Waals surface area contributed by atoms with E-state index in [0.717, 1.165) is 4.90 Å². The number of nitrogens with zero attached hydrogens (tertiary/aromatic N) is 3. The summed E-state index contributed by atoms with van der Waals surface area (Å²) in [5.74, 6) is -0.500. The number of hydrogen-bond donors (Lipinski definition) is 1. The summed E-state index contributed by atoms with van der Waals surface area (Å²) in [6, 6.07) is 1.26. The van der Waals surface area contributed by atoms with Crippen LogP contribution in [0.3, 0.4) is 0 Å². The highest BCUT2D eigenvalue weighted by Gasteiger charge is 2.40. The number of rotatable bonds is 3. The molecule has 0 unspecified atom stereocenters. The first-order valence-electron chi connectivity index (χ1n) is 8.71. The summed E-state index contributed by atoms with van der Waals surface area (Å²) in [5.41, 5.74) is -1.36. The fraction of sp³-hybridized carbons (Fsp3) is 0.444. The lowest BCUT2D eigenvalue weighted by molar-refractivity contribution is -0.137. The fourth-order valence-corrected chi connectivity index (χ4v) is 3.12. The second-order valence-corrected chi connectivity index (χ2v) is 8.07. The Morgan fingerprint density at radius 3 is 2.55 bits per heavy atom. The van der Waals surface area contributed by atoms with Crippen molar-refractivity contribution in [1.82, 2.24) is 10.1 Å². The summed E-state index contributed by atoms with van der Waals surface area (Å²) in [4.78, 5) is 29.7. The second kappa shape index (κ2) is 7.33. The Morgan fingerprint density at radius 2 is 2.00 bits per heavy atom. The first kappa shape index (κ1) is 21.1. The molecule has 1 N–H and O–H groups in total. The standard InChI is InChI=1S/C18H18ClF3N4O3/c1-17(2,3)12-7-13(25-29-12)24-16(28)11-4-5-14(27)26(11)15-10(19)6-9(8-23-15)18(20,21)22/h6-8,11H,4-5H2,1-3H3,(H,24,25,28)/t11-/m0/s1. The zero-order valence-corrected chi connectivity index (χ0v) is 16.6. The maximum atomic E-state index is 12.8. The largest absolute Gasteiger partial charge is 0.417 e. The molecule has 0 aromatic carbocycles. The van der Waals surface area contributed by atoms with E-state index < -0.39 is 29.6 Å². The van der Waals surface area contributed by atoms with E-state index in [4.69, 9.17) is 16.1 Å². The molecule has 0 radical (unpaired) electrons. The first-order chi connectivity index (χ1) is 13.4. The molecule has 29 heavy (non-hydrogen) atoms. The lowest BCUT2D eigenvalue weighted by Crippen LogP contribution is -2.42. The van der Waals surface area contributed by atoms with Crippen LogP contribution in [0.5, 0.6) is 0 Å². The Bertz CT molecular complexity index is 953. The number of halogens is 4. The topological polar surface area (TPSA) is 88.3 Å². The summed E-state index contributed by atoms with van der Waals surface area (Å²) in [7, 11) is 0. The Balaban J connectivity index is 1.83. The summed E-state index contributed by atoms with van der Waals surface area (Å²) >= 11 is 5.95. The third kappa shape index (κ3) is 4.36. The van der Waals surface area contributed by atoms with E-state index in [1.54, 1.807) is 6.07 Å². The average Bonchev–Trinajstić information content (AvgIpc) is 3.20. The van der Waals surface area contributed by atoms with Crippen LogP contribution in [0.2, 0.25) is 5.02 Å². The molecule has 2 amide bonds. The monoisotopic (exact) mass is 430 g/mol. The van der Waals surface area contributed by atoms with Gasteiger partial charge in [0.05, 0.1) is 10.6 Å². The molecular weight excluding hydrogens is 413 g/mol. The predicted molar refractivity (Wildman–Crippen MR) is 98.6 cm³/mol. The molecule has 2 aromatic heterocycles. The van der Waals surface area contributed by atoms with Crippen molar-refractivity contribution in [2.24, 2.45) is 0 Å². The SMILES string of the molecule is CC(C)(C)c1cc(NC(=O)[C@@H]2CCC(=O)N2c2ncc(C(F)(F)F)cc2Cl)no1. The highest BCUT2D eigenvalue weighted by Crippen LogP contribution is 2.36. The Labute approximate surface area is 169 Å². The highest BCUT2D eigenvalue weighted by molar-refractivity contribution is 6.33. The minimum atomic E-state index is -4.63. The number of carbonyl (C=O) groups is 2. The van der Waals surface area contributed by atoms with Gasteiger partial charge in [-0.3, -0.25) is 14.5 Å². The molecule has 0 bridgehead atoms. The molecule has 2 aromatic rings. The lowest BCUT2D eigenvalue weighted by atomic mass is 9.93. The number of pyridine rings is 1. The van der Waals surface area contributed by atoms with Crippen LogP contribution >= 0.6 is 11.6 Å². The fourth-order valence-electron chi connectivity index (χ4n) is 2.86. The van der Waals surface area contributed by atoms with Gasteiger partial charge in [-0.05, 0) is 12.5 Å². The zero-order valence-electron chi connectivity index (χ0n) is 15.8. The zero-order chi connectivity index (χ0) is 21.6. The van der Waals surface area contributed by atoms with Gasteiger partial charge in [0, 0.05) is 24.1 Å². The molecule has 1 fully saturated rings. The van der Waals surface area contributed by atoms with Gasteiger partial charge in [0.15, 0.2) is 11.6 Å². The van der Waals surface area contributed by atoms with E-state index in [9.17, 15) is 22.8 Å². The van der Waals surface area contributed by atoms with Gasteiger partial charge in [-0.1, -0.05) is 37.5 Å². The van der Waals surface area contributed by atoms with Crippen molar-refractivity contribution in [2.45, 2.75) is 51.2 Å². The van der Waals surface area contributed by atoms with Crippen LogP contribution in [0, 0.1) is 0 Å². The van der Waals surface area contributed by atoms with Crippen molar-refractivity contribution in [3.05, 3.63) is 34.7 Å². The van der Waals surface area contributed by atoms with Crippen molar-refractivity contribution in [3.8, 4) is 0 Å². The molecule has 1 saturated heterocycles.